The molecule has 0 aliphatic carbocycles. The van der Waals surface area contributed by atoms with Crippen LogP contribution in [-0.4, -0.2) is 9.97 Å². The van der Waals surface area contributed by atoms with Crippen LogP contribution in [0.5, 0.6) is 0 Å². The molecule has 5 nitrogen and oxygen atoms in total. The van der Waals surface area contributed by atoms with Crippen molar-refractivity contribution >= 4 is 45.0 Å². The van der Waals surface area contributed by atoms with E-state index < -0.39 is 0 Å². The van der Waals surface area contributed by atoms with Gasteiger partial charge in [0.15, 0.2) is 0 Å². The molecule has 0 aliphatic rings. The molecule has 0 fully saturated rings. The van der Waals surface area contributed by atoms with Crippen molar-refractivity contribution < 1.29 is 0 Å². The summed E-state index contributed by atoms with van der Waals surface area (Å²) in [5.74, 6) is 0.517. The molecule has 18 heavy (non-hydrogen) atoms. The predicted molar refractivity (Wildman–Crippen MR) is 73.6 cm³/mol. The van der Waals surface area contributed by atoms with E-state index >= 15 is 0 Å². The van der Waals surface area contributed by atoms with Gasteiger partial charge < -0.3 is 11.1 Å². The normalized spacial score (nSPS) is 9.83. The summed E-state index contributed by atoms with van der Waals surface area (Å²) in [7, 11) is 0. The maximum atomic E-state index is 8.69. The first-order chi connectivity index (χ1) is 8.60. The molecular formula is C11H7BrClN5. The Kier molecular flexibility index (Phi) is 3.65. The van der Waals surface area contributed by atoms with E-state index in [-0.39, 0.29) is 10.8 Å². The van der Waals surface area contributed by atoms with Crippen molar-refractivity contribution in [2.45, 2.75) is 0 Å². The van der Waals surface area contributed by atoms with E-state index in [9.17, 15) is 0 Å². The fourth-order valence-corrected chi connectivity index (χ4v) is 1.70. The number of hydrogen-bond acceptors (Lipinski definition) is 5. The van der Waals surface area contributed by atoms with Gasteiger partial charge in [0.25, 0.3) is 0 Å². The molecule has 1 heterocycles. The summed E-state index contributed by atoms with van der Waals surface area (Å²) in [5.41, 5.74) is 6.96. The molecular weight excluding hydrogens is 318 g/mol. The van der Waals surface area contributed by atoms with Crippen molar-refractivity contribution in [1.82, 2.24) is 9.97 Å². The van der Waals surface area contributed by atoms with Gasteiger partial charge in [-0.05, 0) is 40.2 Å². The van der Waals surface area contributed by atoms with Crippen LogP contribution in [0.2, 0.25) is 5.02 Å². The lowest BCUT2D eigenvalue weighted by atomic mass is 10.2. The van der Waals surface area contributed by atoms with Gasteiger partial charge in [-0.3, -0.25) is 0 Å². The molecule has 1 aromatic heterocycles. The molecule has 2 aromatic rings. The molecule has 0 saturated carbocycles. The Bertz CT molecular complexity index is 597. The van der Waals surface area contributed by atoms with Gasteiger partial charge in [-0.25, -0.2) is 4.98 Å². The van der Waals surface area contributed by atoms with Crippen molar-refractivity contribution in [2.75, 3.05) is 11.1 Å². The minimum Gasteiger partial charge on any atom is -0.382 e. The smallest absolute Gasteiger partial charge is 0.230 e. The highest BCUT2D eigenvalue weighted by atomic mass is 79.9. The molecule has 0 bridgehead atoms. The second kappa shape index (κ2) is 5.21. The number of aromatic nitrogens is 2. The third-order valence-electron chi connectivity index (χ3n) is 2.11. The number of hydrogen-bond donors (Lipinski definition) is 2. The summed E-state index contributed by atoms with van der Waals surface area (Å²) < 4.78 is 0.424. The van der Waals surface area contributed by atoms with Crippen molar-refractivity contribution in [1.29, 1.82) is 5.26 Å². The van der Waals surface area contributed by atoms with Gasteiger partial charge in [0.2, 0.25) is 5.95 Å². The Balaban J connectivity index is 2.26. The summed E-state index contributed by atoms with van der Waals surface area (Å²) in [6.07, 6.45) is 0. The number of nitrogens with two attached hydrogens (primary N) is 1. The van der Waals surface area contributed by atoms with E-state index in [0.29, 0.717) is 16.1 Å². The highest BCUT2D eigenvalue weighted by Gasteiger charge is 2.08. The maximum Gasteiger partial charge on any atom is 0.230 e. The Morgan fingerprint density at radius 1 is 1.28 bits per heavy atom. The van der Waals surface area contributed by atoms with Crippen molar-refractivity contribution in [3.8, 4) is 6.07 Å². The average Bonchev–Trinajstić information content (AvgIpc) is 2.37. The van der Waals surface area contributed by atoms with Crippen LogP contribution in [0.15, 0.2) is 28.9 Å². The maximum absolute atomic E-state index is 8.69. The quantitative estimate of drug-likeness (QED) is 0.829. The van der Waals surface area contributed by atoms with Gasteiger partial charge in [-0.1, -0.05) is 11.6 Å². The molecule has 90 valence electrons. The SMILES string of the molecule is N#Cc1ccc(Nc2nc(N)c(Cl)c(Br)n2)cc1. The van der Waals surface area contributed by atoms with Crippen molar-refractivity contribution in [2.24, 2.45) is 0 Å². The highest BCUT2D eigenvalue weighted by molar-refractivity contribution is 9.10. The second-order valence-corrected chi connectivity index (χ2v) is 4.48. The number of nitrogens with one attached hydrogen (secondary N) is 1. The largest absolute Gasteiger partial charge is 0.382 e. The first-order valence-corrected chi connectivity index (χ1v) is 6.03. The van der Waals surface area contributed by atoms with Crippen LogP contribution < -0.4 is 11.1 Å². The first-order valence-electron chi connectivity index (χ1n) is 4.86. The van der Waals surface area contributed by atoms with Gasteiger partial charge in [0.1, 0.15) is 15.4 Å². The Hall–Kier alpha value is -1.84. The lowest BCUT2D eigenvalue weighted by Crippen LogP contribution is -2.01. The first kappa shape index (κ1) is 12.6. The van der Waals surface area contributed by atoms with Crippen LogP contribution in [0.3, 0.4) is 0 Å². The van der Waals surface area contributed by atoms with Crippen LogP contribution in [0.4, 0.5) is 17.5 Å². The number of halogens is 2. The molecule has 1 aromatic carbocycles. The molecule has 7 heteroatoms. The number of nitrogen functional groups attached to an aromatic ring is 1. The van der Waals surface area contributed by atoms with Gasteiger partial charge in [0.05, 0.1) is 11.6 Å². The molecule has 0 atom stereocenters. The summed E-state index contributed by atoms with van der Waals surface area (Å²) in [6.45, 7) is 0. The fourth-order valence-electron chi connectivity index (χ4n) is 1.25. The van der Waals surface area contributed by atoms with E-state index in [2.05, 4.69) is 31.2 Å². The number of rotatable bonds is 2. The summed E-state index contributed by atoms with van der Waals surface area (Å²) in [4.78, 5) is 8.09. The molecule has 0 unspecified atom stereocenters. The van der Waals surface area contributed by atoms with Crippen LogP contribution in [0.1, 0.15) is 5.56 Å². The van der Waals surface area contributed by atoms with Gasteiger partial charge in [-0.15, -0.1) is 0 Å². The minimum atomic E-state index is 0.190. The van der Waals surface area contributed by atoms with Gasteiger partial charge >= 0.3 is 0 Å². The monoisotopic (exact) mass is 323 g/mol. The molecule has 0 amide bonds. The topological polar surface area (TPSA) is 87.6 Å². The molecule has 0 radical (unpaired) electrons. The lowest BCUT2D eigenvalue weighted by Gasteiger charge is -2.07. The second-order valence-electron chi connectivity index (χ2n) is 3.35. The fraction of sp³-hybridized carbons (Fsp3) is 0. The average molecular weight is 325 g/mol. The molecule has 2 rings (SSSR count). The van der Waals surface area contributed by atoms with Crippen molar-refractivity contribution in [3.05, 3.63) is 39.5 Å². The van der Waals surface area contributed by atoms with E-state index in [1.165, 1.54) is 0 Å². The summed E-state index contributed by atoms with van der Waals surface area (Å²) in [5, 5.41) is 11.9. The molecule has 0 spiro atoms. The van der Waals surface area contributed by atoms with Gasteiger partial charge in [-0.2, -0.15) is 10.2 Å². The summed E-state index contributed by atoms with van der Waals surface area (Å²) in [6, 6.07) is 8.92. The van der Waals surface area contributed by atoms with Crippen LogP contribution in [0, 0.1) is 11.3 Å². The van der Waals surface area contributed by atoms with Crippen molar-refractivity contribution in [3.63, 3.8) is 0 Å². The highest BCUT2D eigenvalue weighted by Crippen LogP contribution is 2.27. The third kappa shape index (κ3) is 2.70. The number of anilines is 3. The van der Waals surface area contributed by atoms with E-state index in [1.54, 1.807) is 24.3 Å². The number of nitriles is 1. The lowest BCUT2D eigenvalue weighted by molar-refractivity contribution is 1.15. The Morgan fingerprint density at radius 2 is 1.94 bits per heavy atom. The van der Waals surface area contributed by atoms with E-state index in [4.69, 9.17) is 22.6 Å². The Morgan fingerprint density at radius 3 is 2.50 bits per heavy atom. The number of benzene rings is 1. The molecule has 0 saturated heterocycles. The van der Waals surface area contributed by atoms with Crippen LogP contribution >= 0.6 is 27.5 Å². The zero-order chi connectivity index (χ0) is 13.1. The summed E-state index contributed by atoms with van der Waals surface area (Å²) >= 11 is 9.02. The molecule has 3 N–H and O–H groups in total. The van der Waals surface area contributed by atoms with E-state index in [0.717, 1.165) is 5.69 Å². The molecule has 0 aliphatic heterocycles. The Labute approximate surface area is 117 Å². The number of nitrogens with zero attached hydrogens (tertiary/aromatic N) is 3. The third-order valence-corrected chi connectivity index (χ3v) is 3.28. The predicted octanol–water partition coefficient (Wildman–Crippen LogP) is 3.09. The standard InChI is InChI=1S/C11H7BrClN5/c12-9-8(13)10(15)18-11(17-9)16-7-3-1-6(5-14)2-4-7/h1-4H,(H3,15,16,17,18). The van der Waals surface area contributed by atoms with E-state index in [1.807, 2.05) is 6.07 Å². The zero-order valence-electron chi connectivity index (χ0n) is 8.98. The van der Waals surface area contributed by atoms with Crippen LogP contribution in [-0.2, 0) is 0 Å². The zero-order valence-corrected chi connectivity index (χ0v) is 11.3. The van der Waals surface area contributed by atoms with Gasteiger partial charge in [0, 0.05) is 5.69 Å². The minimum absolute atomic E-state index is 0.190. The van der Waals surface area contributed by atoms with Crippen LogP contribution in [0.25, 0.3) is 0 Å².